The van der Waals surface area contributed by atoms with E-state index in [1.807, 2.05) is 0 Å². The van der Waals surface area contributed by atoms with E-state index in [1.54, 1.807) is 18.2 Å². The normalized spacial score (nSPS) is 10.3. The number of rotatable bonds is 4. The first kappa shape index (κ1) is 14.9. The smallest absolute Gasteiger partial charge is 0.270 e. The Kier molecular flexibility index (Phi) is 4.72. The van der Waals surface area contributed by atoms with E-state index in [9.17, 15) is 14.5 Å². The van der Waals surface area contributed by atoms with Gasteiger partial charge in [-0.25, -0.2) is 4.39 Å². The Bertz CT molecular complexity index is 665. The fourth-order valence-corrected chi connectivity index (χ4v) is 2.48. The minimum atomic E-state index is -0.445. The number of hydrogen-bond donors (Lipinski definition) is 1. The average Bonchev–Trinajstić information content (AvgIpc) is 2.41. The maximum atomic E-state index is 13.1. The number of nitrogens with one attached hydrogen (secondary N) is 1. The molecule has 104 valence electrons. The molecule has 2 aromatic rings. The van der Waals surface area contributed by atoms with Gasteiger partial charge in [0, 0.05) is 28.8 Å². The molecule has 7 heteroatoms. The lowest BCUT2D eigenvalue weighted by Gasteiger charge is -2.09. The largest absolute Gasteiger partial charge is 0.381 e. The molecule has 0 spiro atoms. The average molecular weight is 404 g/mol. The van der Waals surface area contributed by atoms with Crippen LogP contribution in [0.5, 0.6) is 0 Å². The van der Waals surface area contributed by atoms with Gasteiger partial charge >= 0.3 is 0 Å². The summed E-state index contributed by atoms with van der Waals surface area (Å²) >= 11 is 6.41. The Morgan fingerprint density at radius 1 is 1.15 bits per heavy atom. The zero-order valence-electron chi connectivity index (χ0n) is 10.1. The number of nitro benzene ring substituents is 1. The third kappa shape index (κ3) is 3.55. The van der Waals surface area contributed by atoms with E-state index in [4.69, 9.17) is 0 Å². The quantitative estimate of drug-likeness (QED) is 0.585. The number of nitro groups is 1. The molecule has 0 unspecified atom stereocenters. The molecule has 0 aliphatic heterocycles. The summed E-state index contributed by atoms with van der Waals surface area (Å²) in [5.41, 5.74) is 1.66. The van der Waals surface area contributed by atoms with E-state index < -0.39 is 4.92 Å². The lowest BCUT2D eigenvalue weighted by molar-refractivity contribution is -0.384. The molecule has 0 aliphatic rings. The van der Waals surface area contributed by atoms with E-state index >= 15 is 0 Å². The van der Waals surface area contributed by atoms with Crippen LogP contribution in [0.1, 0.15) is 5.56 Å². The van der Waals surface area contributed by atoms with Crippen LogP contribution in [0.4, 0.5) is 15.8 Å². The molecule has 2 aromatic carbocycles. The molecular formula is C13H9Br2FN2O2. The second-order valence-corrected chi connectivity index (χ2v) is 5.72. The maximum Gasteiger partial charge on any atom is 0.270 e. The third-order valence-corrected chi connectivity index (χ3v) is 4.00. The first-order chi connectivity index (χ1) is 9.47. The second-order valence-electron chi connectivity index (χ2n) is 4.02. The maximum absolute atomic E-state index is 13.1. The van der Waals surface area contributed by atoms with Gasteiger partial charge in [-0.15, -0.1) is 0 Å². The number of nitrogens with zero attached hydrogens (tertiary/aromatic N) is 1. The highest BCUT2D eigenvalue weighted by Crippen LogP contribution is 2.25. The van der Waals surface area contributed by atoms with Crippen LogP contribution in [-0.2, 0) is 6.54 Å². The van der Waals surface area contributed by atoms with E-state index in [1.165, 1.54) is 18.2 Å². The molecule has 0 radical (unpaired) electrons. The van der Waals surface area contributed by atoms with Crippen molar-refractivity contribution in [1.29, 1.82) is 0 Å². The van der Waals surface area contributed by atoms with Crippen LogP contribution in [0.2, 0.25) is 0 Å². The number of non-ortho nitro benzene ring substituents is 1. The van der Waals surface area contributed by atoms with Crippen molar-refractivity contribution in [2.75, 3.05) is 5.32 Å². The summed E-state index contributed by atoms with van der Waals surface area (Å²) in [7, 11) is 0. The number of halogens is 3. The van der Waals surface area contributed by atoms with Gasteiger partial charge in [0.15, 0.2) is 0 Å². The summed E-state index contributed by atoms with van der Waals surface area (Å²) in [5.74, 6) is -0.327. The van der Waals surface area contributed by atoms with Crippen LogP contribution in [-0.4, -0.2) is 4.92 Å². The number of benzene rings is 2. The molecule has 2 rings (SSSR count). The van der Waals surface area contributed by atoms with E-state index in [0.717, 1.165) is 11.3 Å². The molecule has 0 saturated carbocycles. The van der Waals surface area contributed by atoms with Gasteiger partial charge in [-0.2, -0.15) is 0 Å². The monoisotopic (exact) mass is 402 g/mol. The van der Waals surface area contributed by atoms with Crippen molar-refractivity contribution in [3.05, 3.63) is 66.8 Å². The molecule has 20 heavy (non-hydrogen) atoms. The molecular weight excluding hydrogens is 395 g/mol. The fourth-order valence-electron chi connectivity index (χ4n) is 1.60. The Morgan fingerprint density at radius 2 is 1.90 bits per heavy atom. The highest BCUT2D eigenvalue weighted by molar-refractivity contribution is 9.10. The number of anilines is 1. The highest BCUT2D eigenvalue weighted by atomic mass is 79.9. The minimum absolute atomic E-state index is 0.0325. The van der Waals surface area contributed by atoms with Crippen molar-refractivity contribution >= 4 is 43.2 Å². The summed E-state index contributed by atoms with van der Waals surface area (Å²) in [6.45, 7) is 0.469. The predicted molar refractivity (Wildman–Crippen MR) is 82.2 cm³/mol. The van der Waals surface area contributed by atoms with Gasteiger partial charge in [-0.3, -0.25) is 10.1 Å². The van der Waals surface area contributed by atoms with Crippen molar-refractivity contribution in [3.8, 4) is 0 Å². The molecule has 0 amide bonds. The Hall–Kier alpha value is -1.47. The third-order valence-electron chi connectivity index (χ3n) is 2.65. The zero-order chi connectivity index (χ0) is 14.7. The van der Waals surface area contributed by atoms with Gasteiger partial charge in [0.1, 0.15) is 5.82 Å². The summed E-state index contributed by atoms with van der Waals surface area (Å²) in [4.78, 5) is 10.2. The standard InChI is InChI=1S/C13H9Br2FN2O2/c14-11-6-10(18(19)20)3-1-8(11)7-17-9-2-4-13(16)12(15)5-9/h1-6,17H,7H2. The van der Waals surface area contributed by atoms with Crippen LogP contribution < -0.4 is 5.32 Å². The van der Waals surface area contributed by atoms with Crippen molar-refractivity contribution in [1.82, 2.24) is 0 Å². The van der Waals surface area contributed by atoms with E-state index in [-0.39, 0.29) is 11.5 Å². The molecule has 4 nitrogen and oxygen atoms in total. The zero-order valence-corrected chi connectivity index (χ0v) is 13.2. The van der Waals surface area contributed by atoms with Crippen molar-refractivity contribution in [2.24, 2.45) is 0 Å². The molecule has 0 heterocycles. The van der Waals surface area contributed by atoms with Gasteiger partial charge in [-0.05, 0) is 45.8 Å². The van der Waals surface area contributed by atoms with E-state index in [2.05, 4.69) is 37.2 Å². The topological polar surface area (TPSA) is 55.2 Å². The Balaban J connectivity index is 2.10. The van der Waals surface area contributed by atoms with Gasteiger partial charge in [0.25, 0.3) is 5.69 Å². The predicted octanol–water partition coefficient (Wildman–Crippen LogP) is 4.87. The minimum Gasteiger partial charge on any atom is -0.381 e. The molecule has 0 atom stereocenters. The molecule has 0 aliphatic carbocycles. The van der Waals surface area contributed by atoms with Gasteiger partial charge < -0.3 is 5.32 Å². The summed E-state index contributed by atoms with van der Waals surface area (Å²) in [6.07, 6.45) is 0. The van der Waals surface area contributed by atoms with Crippen molar-refractivity contribution in [3.63, 3.8) is 0 Å². The van der Waals surface area contributed by atoms with Gasteiger partial charge in [0.2, 0.25) is 0 Å². The summed E-state index contributed by atoms with van der Waals surface area (Å²) in [6, 6.07) is 9.19. The van der Waals surface area contributed by atoms with Crippen molar-refractivity contribution < 1.29 is 9.31 Å². The first-order valence-corrected chi connectivity index (χ1v) is 7.17. The SMILES string of the molecule is O=[N+]([O-])c1ccc(CNc2ccc(F)c(Br)c2)c(Br)c1. The summed E-state index contributed by atoms with van der Waals surface area (Å²) in [5, 5.41) is 13.8. The van der Waals surface area contributed by atoms with Crippen molar-refractivity contribution in [2.45, 2.75) is 6.54 Å². The lowest BCUT2D eigenvalue weighted by Crippen LogP contribution is -2.01. The fraction of sp³-hybridized carbons (Fsp3) is 0.0769. The van der Waals surface area contributed by atoms with E-state index in [0.29, 0.717) is 15.5 Å². The lowest BCUT2D eigenvalue weighted by atomic mass is 10.2. The van der Waals surface area contributed by atoms with Crippen LogP contribution >= 0.6 is 31.9 Å². The number of hydrogen-bond acceptors (Lipinski definition) is 3. The van der Waals surface area contributed by atoms with Crippen LogP contribution in [0.25, 0.3) is 0 Å². The van der Waals surface area contributed by atoms with Crippen LogP contribution in [0, 0.1) is 15.9 Å². The van der Waals surface area contributed by atoms with Crippen LogP contribution in [0.15, 0.2) is 45.3 Å². The molecule has 0 fully saturated rings. The Morgan fingerprint density at radius 3 is 2.50 bits per heavy atom. The van der Waals surface area contributed by atoms with Gasteiger partial charge in [0.05, 0.1) is 9.40 Å². The Labute approximate surface area is 131 Å². The first-order valence-electron chi connectivity index (χ1n) is 5.59. The molecule has 0 bridgehead atoms. The van der Waals surface area contributed by atoms with Gasteiger partial charge in [-0.1, -0.05) is 15.9 Å². The highest BCUT2D eigenvalue weighted by Gasteiger charge is 2.09. The van der Waals surface area contributed by atoms with Crippen LogP contribution in [0.3, 0.4) is 0 Å². The molecule has 1 N–H and O–H groups in total. The molecule has 0 aromatic heterocycles. The second kappa shape index (κ2) is 6.32. The summed E-state index contributed by atoms with van der Waals surface area (Å²) < 4.78 is 14.1. The molecule has 0 saturated heterocycles.